The summed E-state index contributed by atoms with van der Waals surface area (Å²) in [6, 6.07) is 4.82. The van der Waals surface area contributed by atoms with E-state index in [1.165, 1.54) is 39.5 Å². The molecule has 0 saturated carbocycles. The smallest absolute Gasteiger partial charge is 0.328 e. The van der Waals surface area contributed by atoms with Gasteiger partial charge in [0.2, 0.25) is 5.91 Å². The molecule has 9 nitrogen and oxygen atoms in total. The Labute approximate surface area is 172 Å². The lowest BCUT2D eigenvalue weighted by Gasteiger charge is -2.26. The number of carbonyl (C=O) groups excluding carboxylic acids is 2. The molecule has 0 saturated heterocycles. The molecule has 2 N–H and O–H groups in total. The summed E-state index contributed by atoms with van der Waals surface area (Å²) in [5.74, 6) is -0.267. The van der Waals surface area contributed by atoms with Gasteiger partial charge in [0.15, 0.2) is 5.13 Å². The molecule has 150 valence electrons. The van der Waals surface area contributed by atoms with E-state index in [-0.39, 0.29) is 24.8 Å². The summed E-state index contributed by atoms with van der Waals surface area (Å²) in [6.07, 6.45) is 2.15. The molecular weight excluding hydrogens is 414 g/mol. The highest BCUT2D eigenvalue weighted by molar-refractivity contribution is 7.16. The first-order chi connectivity index (χ1) is 14.0. The van der Waals surface area contributed by atoms with E-state index < -0.39 is 11.2 Å². The van der Waals surface area contributed by atoms with Crippen LogP contribution >= 0.6 is 22.7 Å². The first-order valence-electron chi connectivity index (χ1n) is 8.90. The quantitative estimate of drug-likeness (QED) is 0.631. The molecule has 4 heterocycles. The molecule has 11 heteroatoms. The number of aromatic amines is 1. The van der Waals surface area contributed by atoms with E-state index in [1.54, 1.807) is 11.0 Å². The zero-order valence-corrected chi connectivity index (χ0v) is 16.8. The van der Waals surface area contributed by atoms with E-state index in [0.717, 1.165) is 10.6 Å². The molecule has 2 amide bonds. The number of nitrogens with one attached hydrogen (secondary N) is 2. The Hall–Kier alpha value is -3.05. The number of aromatic nitrogens is 3. The standard InChI is InChI=1S/C18H17N5O4S2/c24-14-4-7-22(18(27)20-14)8-5-15(25)23-6-3-11-13(10-23)29-17(19-11)21-16(26)12-2-1-9-28-12/h1-2,4,7,9H,3,5-6,8,10H2,(H,19,21,26)(H,20,24,27). The summed E-state index contributed by atoms with van der Waals surface area (Å²) in [5.41, 5.74) is -0.0921. The fraction of sp³-hybridized carbons (Fsp3) is 0.278. The van der Waals surface area contributed by atoms with Crippen molar-refractivity contribution in [3.05, 3.63) is 66.1 Å². The molecule has 1 aliphatic heterocycles. The second-order valence-corrected chi connectivity index (χ2v) is 8.47. The van der Waals surface area contributed by atoms with Crippen LogP contribution in [-0.2, 0) is 24.3 Å². The van der Waals surface area contributed by atoms with Gasteiger partial charge in [-0.25, -0.2) is 9.78 Å². The number of anilines is 1. The van der Waals surface area contributed by atoms with Crippen LogP contribution in [0.5, 0.6) is 0 Å². The number of hydrogen-bond donors (Lipinski definition) is 2. The third kappa shape index (κ3) is 4.35. The fourth-order valence-corrected chi connectivity index (χ4v) is 4.66. The minimum Gasteiger partial charge on any atom is -0.337 e. The summed E-state index contributed by atoms with van der Waals surface area (Å²) < 4.78 is 1.31. The van der Waals surface area contributed by atoms with Crippen molar-refractivity contribution in [2.45, 2.75) is 25.9 Å². The minimum atomic E-state index is -0.528. The van der Waals surface area contributed by atoms with Crippen molar-refractivity contribution in [2.24, 2.45) is 0 Å². The summed E-state index contributed by atoms with van der Waals surface area (Å²) in [5, 5.41) is 5.18. The number of fused-ring (bicyclic) bond motifs is 1. The minimum absolute atomic E-state index is 0.0775. The van der Waals surface area contributed by atoms with Crippen LogP contribution in [-0.4, -0.2) is 37.8 Å². The number of aryl methyl sites for hydroxylation is 1. The average molecular weight is 431 g/mol. The molecule has 0 aromatic carbocycles. The van der Waals surface area contributed by atoms with Gasteiger partial charge in [-0.1, -0.05) is 17.4 Å². The van der Waals surface area contributed by atoms with Crippen LogP contribution < -0.4 is 16.6 Å². The van der Waals surface area contributed by atoms with Gasteiger partial charge in [0, 0.05) is 43.1 Å². The molecule has 0 unspecified atom stereocenters. The number of amides is 2. The van der Waals surface area contributed by atoms with Gasteiger partial charge in [-0.05, 0) is 11.4 Å². The zero-order chi connectivity index (χ0) is 20.4. The summed E-state index contributed by atoms with van der Waals surface area (Å²) in [4.78, 5) is 57.5. The number of hydrogen-bond acceptors (Lipinski definition) is 7. The van der Waals surface area contributed by atoms with Gasteiger partial charge in [0.05, 0.1) is 17.1 Å². The number of nitrogens with zero attached hydrogens (tertiary/aromatic N) is 3. The van der Waals surface area contributed by atoms with Crippen LogP contribution in [0.2, 0.25) is 0 Å². The number of H-pyrrole nitrogens is 1. The van der Waals surface area contributed by atoms with Gasteiger partial charge in [0.1, 0.15) is 0 Å². The van der Waals surface area contributed by atoms with Crippen molar-refractivity contribution in [3.63, 3.8) is 0 Å². The Morgan fingerprint density at radius 3 is 2.90 bits per heavy atom. The Morgan fingerprint density at radius 1 is 1.28 bits per heavy atom. The van der Waals surface area contributed by atoms with Crippen LogP contribution in [0.3, 0.4) is 0 Å². The molecule has 4 rings (SSSR count). The van der Waals surface area contributed by atoms with Crippen molar-refractivity contribution in [3.8, 4) is 0 Å². The van der Waals surface area contributed by atoms with Crippen molar-refractivity contribution in [2.75, 3.05) is 11.9 Å². The molecule has 0 bridgehead atoms. The van der Waals surface area contributed by atoms with Crippen molar-refractivity contribution < 1.29 is 9.59 Å². The van der Waals surface area contributed by atoms with Gasteiger partial charge >= 0.3 is 5.69 Å². The molecule has 0 atom stereocenters. The second-order valence-electron chi connectivity index (χ2n) is 6.44. The summed E-state index contributed by atoms with van der Waals surface area (Å²) in [7, 11) is 0. The van der Waals surface area contributed by atoms with Crippen LogP contribution in [0.1, 0.15) is 26.7 Å². The molecule has 0 fully saturated rings. The zero-order valence-electron chi connectivity index (χ0n) is 15.2. The number of thiophene rings is 1. The van der Waals surface area contributed by atoms with Gasteiger partial charge in [-0.2, -0.15) is 0 Å². The van der Waals surface area contributed by atoms with Crippen LogP contribution in [0, 0.1) is 0 Å². The van der Waals surface area contributed by atoms with Crippen molar-refractivity contribution in [1.29, 1.82) is 0 Å². The molecule has 0 radical (unpaired) electrons. The molecule has 1 aliphatic rings. The average Bonchev–Trinajstić information content (AvgIpc) is 3.36. The molecule has 0 aliphatic carbocycles. The fourth-order valence-electron chi connectivity index (χ4n) is 3.02. The number of rotatable bonds is 5. The third-order valence-corrected chi connectivity index (χ3v) is 6.38. The largest absolute Gasteiger partial charge is 0.337 e. The Balaban J connectivity index is 1.37. The molecule has 3 aromatic rings. The number of thiazole rings is 1. The SMILES string of the molecule is O=C(Nc1nc2c(s1)CN(C(=O)CCn1ccc(=O)[nH]c1=O)CC2)c1cccs1. The monoisotopic (exact) mass is 431 g/mol. The number of carbonyl (C=O) groups is 2. The Morgan fingerprint density at radius 2 is 2.14 bits per heavy atom. The van der Waals surface area contributed by atoms with E-state index in [4.69, 9.17) is 0 Å². The maximum Gasteiger partial charge on any atom is 0.328 e. The molecule has 0 spiro atoms. The highest BCUT2D eigenvalue weighted by atomic mass is 32.1. The lowest BCUT2D eigenvalue weighted by Crippen LogP contribution is -2.37. The van der Waals surface area contributed by atoms with E-state index in [0.29, 0.717) is 29.5 Å². The van der Waals surface area contributed by atoms with E-state index in [1.807, 2.05) is 11.4 Å². The first-order valence-corrected chi connectivity index (χ1v) is 10.6. The lowest BCUT2D eigenvalue weighted by atomic mass is 10.1. The summed E-state index contributed by atoms with van der Waals surface area (Å²) in [6.45, 7) is 1.16. The maximum atomic E-state index is 12.6. The third-order valence-electron chi connectivity index (χ3n) is 4.51. The Kier molecular flexibility index (Phi) is 5.41. The van der Waals surface area contributed by atoms with Crippen LogP contribution in [0.4, 0.5) is 5.13 Å². The second kappa shape index (κ2) is 8.13. The molecule has 29 heavy (non-hydrogen) atoms. The topological polar surface area (TPSA) is 117 Å². The van der Waals surface area contributed by atoms with Gasteiger partial charge in [0.25, 0.3) is 11.5 Å². The van der Waals surface area contributed by atoms with E-state index in [2.05, 4.69) is 15.3 Å². The van der Waals surface area contributed by atoms with Gasteiger partial charge in [-0.15, -0.1) is 11.3 Å². The van der Waals surface area contributed by atoms with Crippen LogP contribution in [0.25, 0.3) is 0 Å². The Bertz CT molecular complexity index is 1160. The highest BCUT2D eigenvalue weighted by Gasteiger charge is 2.24. The van der Waals surface area contributed by atoms with Gasteiger partial charge < -0.3 is 9.47 Å². The van der Waals surface area contributed by atoms with E-state index >= 15 is 0 Å². The van der Waals surface area contributed by atoms with Crippen molar-refractivity contribution in [1.82, 2.24) is 19.4 Å². The van der Waals surface area contributed by atoms with Gasteiger partial charge in [-0.3, -0.25) is 24.7 Å². The lowest BCUT2D eigenvalue weighted by molar-refractivity contribution is -0.132. The van der Waals surface area contributed by atoms with E-state index in [9.17, 15) is 19.2 Å². The predicted octanol–water partition coefficient (Wildman–Crippen LogP) is 1.28. The molecular formula is C18H17N5O4S2. The normalized spacial score (nSPS) is 13.2. The predicted molar refractivity (Wildman–Crippen MR) is 109 cm³/mol. The molecule has 3 aromatic heterocycles. The highest BCUT2D eigenvalue weighted by Crippen LogP contribution is 2.29. The maximum absolute atomic E-state index is 12.6. The van der Waals surface area contributed by atoms with Crippen molar-refractivity contribution >= 4 is 39.6 Å². The summed E-state index contributed by atoms with van der Waals surface area (Å²) >= 11 is 2.74. The van der Waals surface area contributed by atoms with Crippen LogP contribution in [0.15, 0.2) is 39.4 Å². The first kappa shape index (κ1) is 19.3.